The van der Waals surface area contributed by atoms with Crippen LogP contribution in [0.25, 0.3) is 0 Å². The minimum absolute atomic E-state index is 0.0916. The molecule has 1 aliphatic carbocycles. The molecule has 2 aliphatic rings. The number of aryl methyl sites for hydroxylation is 1. The van der Waals surface area contributed by atoms with Crippen molar-refractivity contribution in [3.05, 3.63) is 77.9 Å². The summed E-state index contributed by atoms with van der Waals surface area (Å²) >= 11 is 5.86. The average Bonchev–Trinajstić information content (AvgIpc) is 3.54. The van der Waals surface area contributed by atoms with Gasteiger partial charge in [0.05, 0.1) is 23.7 Å². The van der Waals surface area contributed by atoms with Crippen molar-refractivity contribution in [2.75, 3.05) is 15.9 Å². The van der Waals surface area contributed by atoms with Crippen molar-refractivity contribution in [3.8, 4) is 0 Å². The number of thiocarbonyl (C=S) groups is 1. The quantitative estimate of drug-likeness (QED) is 0.476. The standard InChI is InChI=1S/C25H29N5O2S2/c1-17-16-19(12-13-20(17)28-34(2,31)32)30-24(22-11-7-15-29(22)18-8-3-4-9-18)23(27-25(30)33)21-10-5-6-14-26-21/h5-7,10-16,18,23-24,28H,3-4,8-9H2,1-2H3,(H,27,33)/t23-,24-/m0/s1. The van der Waals surface area contributed by atoms with Gasteiger partial charge in [0.15, 0.2) is 5.11 Å². The van der Waals surface area contributed by atoms with E-state index in [4.69, 9.17) is 12.2 Å². The highest BCUT2D eigenvalue weighted by atomic mass is 32.2. The minimum atomic E-state index is -3.36. The molecule has 7 nitrogen and oxygen atoms in total. The second-order valence-electron chi connectivity index (χ2n) is 9.15. The Morgan fingerprint density at radius 2 is 1.91 bits per heavy atom. The number of hydrogen-bond donors (Lipinski definition) is 2. The molecule has 3 heterocycles. The maximum atomic E-state index is 11.8. The summed E-state index contributed by atoms with van der Waals surface area (Å²) in [6, 6.07) is 16.3. The van der Waals surface area contributed by atoms with Crippen molar-refractivity contribution in [3.63, 3.8) is 0 Å². The molecule has 0 bridgehead atoms. The Morgan fingerprint density at radius 3 is 2.59 bits per heavy atom. The zero-order valence-corrected chi connectivity index (χ0v) is 20.9. The van der Waals surface area contributed by atoms with Crippen molar-refractivity contribution in [1.29, 1.82) is 0 Å². The van der Waals surface area contributed by atoms with E-state index in [0.29, 0.717) is 16.8 Å². The number of rotatable bonds is 6. The van der Waals surface area contributed by atoms with Crippen LogP contribution in [-0.4, -0.2) is 29.3 Å². The van der Waals surface area contributed by atoms with Crippen LogP contribution in [0, 0.1) is 6.92 Å². The van der Waals surface area contributed by atoms with Gasteiger partial charge in [0.25, 0.3) is 0 Å². The SMILES string of the molecule is Cc1cc(N2C(=S)N[C@@H](c3ccccn3)[C@@H]2c2cccn2C2CCCC2)ccc1NS(C)(=O)=O. The molecule has 2 N–H and O–H groups in total. The van der Waals surface area contributed by atoms with Crippen LogP contribution in [0.1, 0.15) is 60.8 Å². The van der Waals surface area contributed by atoms with Gasteiger partial charge in [-0.15, -0.1) is 0 Å². The van der Waals surface area contributed by atoms with Crippen LogP contribution in [0.3, 0.4) is 0 Å². The summed E-state index contributed by atoms with van der Waals surface area (Å²) in [5.74, 6) is 0. The molecule has 1 saturated carbocycles. The highest BCUT2D eigenvalue weighted by molar-refractivity contribution is 7.92. The lowest BCUT2D eigenvalue weighted by molar-refractivity contribution is 0.461. The van der Waals surface area contributed by atoms with Crippen molar-refractivity contribution in [1.82, 2.24) is 14.9 Å². The Balaban J connectivity index is 1.59. The number of anilines is 2. The predicted molar refractivity (Wildman–Crippen MR) is 140 cm³/mol. The molecule has 2 atom stereocenters. The first-order valence-corrected chi connectivity index (χ1v) is 13.9. The number of hydrogen-bond acceptors (Lipinski definition) is 4. The molecule has 1 aromatic carbocycles. The Bertz CT molecular complexity index is 1300. The number of aromatic nitrogens is 2. The van der Waals surface area contributed by atoms with E-state index in [-0.39, 0.29) is 12.1 Å². The molecule has 34 heavy (non-hydrogen) atoms. The van der Waals surface area contributed by atoms with Crippen molar-refractivity contribution < 1.29 is 8.42 Å². The monoisotopic (exact) mass is 495 g/mol. The first-order chi connectivity index (χ1) is 16.3. The number of nitrogens with zero attached hydrogens (tertiary/aromatic N) is 3. The van der Waals surface area contributed by atoms with E-state index in [0.717, 1.165) is 23.2 Å². The Hall–Kier alpha value is -2.91. The highest BCUT2D eigenvalue weighted by Crippen LogP contribution is 2.44. The van der Waals surface area contributed by atoms with Gasteiger partial charge in [-0.25, -0.2) is 8.42 Å². The average molecular weight is 496 g/mol. The molecular formula is C25H29N5O2S2. The number of pyridine rings is 1. The fraction of sp³-hybridized carbons (Fsp3) is 0.360. The van der Waals surface area contributed by atoms with E-state index in [9.17, 15) is 8.42 Å². The lowest BCUT2D eigenvalue weighted by Crippen LogP contribution is -2.30. The zero-order valence-electron chi connectivity index (χ0n) is 19.3. The molecule has 5 rings (SSSR count). The van der Waals surface area contributed by atoms with E-state index >= 15 is 0 Å². The van der Waals surface area contributed by atoms with Crippen LogP contribution in [0.5, 0.6) is 0 Å². The molecular weight excluding hydrogens is 466 g/mol. The molecule has 2 aromatic heterocycles. The normalized spacial score (nSPS) is 21.1. The smallest absolute Gasteiger partial charge is 0.229 e. The molecule has 0 amide bonds. The predicted octanol–water partition coefficient (Wildman–Crippen LogP) is 4.86. The summed E-state index contributed by atoms with van der Waals surface area (Å²) in [7, 11) is -3.36. The van der Waals surface area contributed by atoms with Gasteiger partial charge in [-0.1, -0.05) is 18.9 Å². The molecule has 0 spiro atoms. The summed E-state index contributed by atoms with van der Waals surface area (Å²) in [6.45, 7) is 1.90. The zero-order chi connectivity index (χ0) is 23.9. The molecule has 3 aromatic rings. The van der Waals surface area contributed by atoms with Gasteiger partial charge < -0.3 is 14.8 Å². The van der Waals surface area contributed by atoms with Crippen LogP contribution in [0.2, 0.25) is 0 Å². The lowest BCUT2D eigenvalue weighted by atomic mass is 10.00. The summed E-state index contributed by atoms with van der Waals surface area (Å²) in [4.78, 5) is 6.79. The highest BCUT2D eigenvalue weighted by Gasteiger charge is 2.42. The topological polar surface area (TPSA) is 79.3 Å². The molecule has 2 fully saturated rings. The molecule has 0 unspecified atom stereocenters. The molecule has 1 saturated heterocycles. The Labute approximate surface area is 206 Å². The van der Waals surface area contributed by atoms with Gasteiger partial charge >= 0.3 is 0 Å². The van der Waals surface area contributed by atoms with Gasteiger partial charge in [0.2, 0.25) is 10.0 Å². The van der Waals surface area contributed by atoms with E-state index < -0.39 is 10.0 Å². The van der Waals surface area contributed by atoms with Crippen LogP contribution in [0.4, 0.5) is 11.4 Å². The lowest BCUT2D eigenvalue weighted by Gasteiger charge is -2.30. The third kappa shape index (κ3) is 4.42. The maximum absolute atomic E-state index is 11.8. The fourth-order valence-corrected chi connectivity index (χ4v) is 6.19. The van der Waals surface area contributed by atoms with Crippen LogP contribution in [0.15, 0.2) is 60.9 Å². The molecule has 0 radical (unpaired) electrons. The van der Waals surface area contributed by atoms with Crippen LogP contribution in [-0.2, 0) is 10.0 Å². The van der Waals surface area contributed by atoms with Gasteiger partial charge in [-0.05, 0) is 80.0 Å². The van der Waals surface area contributed by atoms with Gasteiger partial charge in [-0.3, -0.25) is 9.71 Å². The van der Waals surface area contributed by atoms with E-state index in [1.165, 1.54) is 31.4 Å². The van der Waals surface area contributed by atoms with E-state index in [1.54, 1.807) is 6.07 Å². The molecule has 9 heteroatoms. The largest absolute Gasteiger partial charge is 0.351 e. The van der Waals surface area contributed by atoms with E-state index in [2.05, 4.69) is 42.8 Å². The van der Waals surface area contributed by atoms with Crippen LogP contribution < -0.4 is 14.9 Å². The number of sulfonamides is 1. The third-order valence-electron chi connectivity index (χ3n) is 6.71. The first-order valence-electron chi connectivity index (χ1n) is 11.6. The summed E-state index contributed by atoms with van der Waals surface area (Å²) < 4.78 is 28.5. The van der Waals surface area contributed by atoms with Crippen molar-refractivity contribution in [2.45, 2.75) is 50.7 Å². The number of nitrogens with one attached hydrogen (secondary N) is 2. The summed E-state index contributed by atoms with van der Waals surface area (Å²) in [5, 5.41) is 4.15. The third-order valence-corrected chi connectivity index (χ3v) is 7.62. The maximum Gasteiger partial charge on any atom is 0.229 e. The Morgan fingerprint density at radius 1 is 1.12 bits per heavy atom. The van der Waals surface area contributed by atoms with Crippen molar-refractivity contribution >= 4 is 38.7 Å². The van der Waals surface area contributed by atoms with Gasteiger partial charge in [0.1, 0.15) is 6.04 Å². The minimum Gasteiger partial charge on any atom is -0.351 e. The summed E-state index contributed by atoms with van der Waals surface area (Å²) in [6.07, 6.45) is 10.0. The summed E-state index contributed by atoms with van der Waals surface area (Å²) in [5.41, 5.74) is 4.44. The first kappa shape index (κ1) is 22.9. The van der Waals surface area contributed by atoms with Crippen molar-refractivity contribution in [2.24, 2.45) is 0 Å². The number of benzene rings is 1. The van der Waals surface area contributed by atoms with Crippen LogP contribution >= 0.6 is 12.2 Å². The Kier molecular flexibility index (Phi) is 6.07. The fourth-order valence-electron chi connectivity index (χ4n) is 5.22. The second kappa shape index (κ2) is 9.03. The van der Waals surface area contributed by atoms with E-state index in [1.807, 2.05) is 43.5 Å². The molecule has 1 aliphatic heterocycles. The van der Waals surface area contributed by atoms with Gasteiger partial charge in [0, 0.05) is 29.8 Å². The second-order valence-corrected chi connectivity index (χ2v) is 11.3. The molecule has 178 valence electrons. The van der Waals surface area contributed by atoms with Gasteiger partial charge in [-0.2, -0.15) is 0 Å².